The number of nitrogens with zero attached hydrogens (tertiary/aromatic N) is 6. The quantitative estimate of drug-likeness (QED) is 0.498. The third-order valence-electron chi connectivity index (χ3n) is 4.43. The highest BCUT2D eigenvalue weighted by atomic mass is 35.5. The van der Waals surface area contributed by atoms with Gasteiger partial charge >= 0.3 is 0 Å². The predicted octanol–water partition coefficient (Wildman–Crippen LogP) is 4.87. The highest BCUT2D eigenvalue weighted by Crippen LogP contribution is 2.34. The minimum absolute atomic E-state index is 0.317. The van der Waals surface area contributed by atoms with E-state index in [-0.39, 0.29) is 5.82 Å². The molecule has 0 aliphatic rings. The van der Waals surface area contributed by atoms with Gasteiger partial charge in [-0.25, -0.2) is 19.0 Å². The van der Waals surface area contributed by atoms with E-state index in [1.165, 1.54) is 18.5 Å². The second-order valence-corrected chi connectivity index (χ2v) is 7.18. The average molecular weight is 432 g/mol. The molecule has 0 unspecified atom stereocenters. The zero-order chi connectivity index (χ0) is 20.7. The van der Waals surface area contributed by atoms with E-state index in [9.17, 15) is 4.39 Å². The number of hydrogen-bond acceptors (Lipinski definition) is 5. The summed E-state index contributed by atoms with van der Waals surface area (Å²) in [6.45, 7) is 3.69. The lowest BCUT2D eigenvalue weighted by Crippen LogP contribution is -2.04. The maximum atomic E-state index is 13.2. The lowest BCUT2D eigenvalue weighted by atomic mass is 10.1. The van der Waals surface area contributed by atoms with Gasteiger partial charge in [-0.15, -0.1) is 0 Å². The molecule has 0 bridgehead atoms. The van der Waals surface area contributed by atoms with Crippen molar-refractivity contribution in [1.82, 2.24) is 29.5 Å². The third kappa shape index (κ3) is 3.56. The second-order valence-electron chi connectivity index (χ2n) is 6.42. The van der Waals surface area contributed by atoms with Crippen molar-refractivity contribution in [2.45, 2.75) is 13.8 Å². The summed E-state index contributed by atoms with van der Waals surface area (Å²) in [5.41, 5.74) is 2.91. The molecule has 0 atom stereocenters. The van der Waals surface area contributed by atoms with E-state index in [1.807, 2.05) is 13.8 Å². The lowest BCUT2D eigenvalue weighted by molar-refractivity contribution is 0.628. The van der Waals surface area contributed by atoms with Crippen LogP contribution >= 0.6 is 23.2 Å². The van der Waals surface area contributed by atoms with Crippen LogP contribution in [0.5, 0.6) is 0 Å². The fourth-order valence-corrected chi connectivity index (χ4v) is 3.43. The maximum Gasteiger partial charge on any atom is 0.173 e. The highest BCUT2D eigenvalue weighted by Gasteiger charge is 2.18. The first-order valence-electron chi connectivity index (χ1n) is 8.64. The van der Waals surface area contributed by atoms with Crippen LogP contribution in [0.2, 0.25) is 10.0 Å². The number of benzene rings is 1. The molecule has 1 N–H and O–H groups in total. The molecule has 3 aromatic heterocycles. The van der Waals surface area contributed by atoms with Crippen LogP contribution in [-0.4, -0.2) is 29.5 Å². The van der Waals surface area contributed by atoms with Crippen molar-refractivity contribution in [3.05, 3.63) is 63.9 Å². The highest BCUT2D eigenvalue weighted by molar-refractivity contribution is 6.35. The first kappa shape index (κ1) is 19.4. The molecule has 0 saturated carbocycles. The summed E-state index contributed by atoms with van der Waals surface area (Å²) in [5.74, 6) is 1.15. The van der Waals surface area contributed by atoms with Crippen LogP contribution in [0.1, 0.15) is 11.4 Å². The smallest absolute Gasteiger partial charge is 0.173 e. The molecule has 1 aromatic carbocycles. The Kier molecular flexibility index (Phi) is 4.97. The molecule has 0 fully saturated rings. The maximum absolute atomic E-state index is 13.2. The number of rotatable bonds is 4. The standard InChI is InChI=1S/C19H16Cl2FN7/c1-10-16(20)11(2)29(26-10)15-8-14(23-9-24-15)25-19-17(21)18(28(3)27-19)12-4-6-13(22)7-5-12/h4-9H,1-3H3,(H,23,24,25,27). The van der Waals surface area contributed by atoms with Gasteiger partial charge in [0.1, 0.15) is 23.0 Å². The zero-order valence-electron chi connectivity index (χ0n) is 15.8. The molecule has 0 radical (unpaired) electrons. The topological polar surface area (TPSA) is 73.5 Å². The molecule has 29 heavy (non-hydrogen) atoms. The van der Waals surface area contributed by atoms with Crippen molar-refractivity contribution in [3.8, 4) is 17.1 Å². The van der Waals surface area contributed by atoms with E-state index in [0.717, 1.165) is 11.3 Å². The molecule has 10 heteroatoms. The Morgan fingerprint density at radius 3 is 2.38 bits per heavy atom. The summed E-state index contributed by atoms with van der Waals surface area (Å²) in [5, 5.41) is 12.9. The first-order valence-corrected chi connectivity index (χ1v) is 9.40. The van der Waals surface area contributed by atoms with Crippen LogP contribution in [0.15, 0.2) is 36.7 Å². The summed E-state index contributed by atoms with van der Waals surface area (Å²) in [6.07, 6.45) is 1.42. The lowest BCUT2D eigenvalue weighted by Gasteiger charge is -2.06. The van der Waals surface area contributed by atoms with Gasteiger partial charge in [0, 0.05) is 18.7 Å². The van der Waals surface area contributed by atoms with Crippen LogP contribution in [0.3, 0.4) is 0 Å². The van der Waals surface area contributed by atoms with Crippen LogP contribution < -0.4 is 5.32 Å². The molecule has 0 aliphatic carbocycles. The van der Waals surface area contributed by atoms with Gasteiger partial charge in [0.2, 0.25) is 0 Å². The molecule has 0 saturated heterocycles. The second kappa shape index (κ2) is 7.46. The molecule has 0 aliphatic heterocycles. The van der Waals surface area contributed by atoms with E-state index in [0.29, 0.717) is 38.9 Å². The van der Waals surface area contributed by atoms with Crippen LogP contribution in [0.25, 0.3) is 17.1 Å². The van der Waals surface area contributed by atoms with Crippen molar-refractivity contribution in [2.75, 3.05) is 5.32 Å². The number of aryl methyl sites for hydroxylation is 2. The Morgan fingerprint density at radius 2 is 1.72 bits per heavy atom. The SMILES string of the molecule is Cc1nn(-c2cc(Nc3nn(C)c(-c4ccc(F)cc4)c3Cl)ncn2)c(C)c1Cl. The molecular formula is C19H16Cl2FN7. The van der Waals surface area contributed by atoms with E-state index in [1.54, 1.807) is 34.6 Å². The van der Waals surface area contributed by atoms with Crippen molar-refractivity contribution in [1.29, 1.82) is 0 Å². The summed E-state index contributed by atoms with van der Waals surface area (Å²) in [6, 6.07) is 7.77. The van der Waals surface area contributed by atoms with Crippen LogP contribution in [0.4, 0.5) is 16.0 Å². The number of anilines is 2. The van der Waals surface area contributed by atoms with Gasteiger partial charge in [-0.3, -0.25) is 4.68 Å². The summed E-state index contributed by atoms with van der Waals surface area (Å²) in [7, 11) is 1.76. The van der Waals surface area contributed by atoms with Crippen LogP contribution in [0, 0.1) is 19.7 Å². The minimum atomic E-state index is -0.317. The van der Waals surface area contributed by atoms with Crippen LogP contribution in [-0.2, 0) is 7.05 Å². The zero-order valence-corrected chi connectivity index (χ0v) is 17.3. The third-order valence-corrected chi connectivity index (χ3v) is 5.33. The minimum Gasteiger partial charge on any atom is -0.322 e. The molecular weight excluding hydrogens is 416 g/mol. The van der Waals surface area contributed by atoms with Gasteiger partial charge in [-0.2, -0.15) is 10.2 Å². The molecule has 3 heterocycles. The number of aromatic nitrogens is 6. The van der Waals surface area contributed by atoms with Gasteiger partial charge in [-0.05, 0) is 38.1 Å². The van der Waals surface area contributed by atoms with Crippen molar-refractivity contribution in [3.63, 3.8) is 0 Å². The molecule has 4 rings (SSSR count). The number of halogens is 3. The van der Waals surface area contributed by atoms with Gasteiger partial charge in [0.25, 0.3) is 0 Å². The van der Waals surface area contributed by atoms with E-state index in [4.69, 9.17) is 23.2 Å². The Morgan fingerprint density at radius 1 is 1.00 bits per heavy atom. The normalized spacial score (nSPS) is 11.1. The van der Waals surface area contributed by atoms with Gasteiger partial charge in [0.05, 0.1) is 22.1 Å². The average Bonchev–Trinajstić information content (AvgIpc) is 3.12. The Bertz CT molecular complexity index is 1200. The Hall–Kier alpha value is -2.97. The first-order chi connectivity index (χ1) is 13.8. The molecule has 4 aromatic rings. The molecule has 7 nitrogen and oxygen atoms in total. The van der Waals surface area contributed by atoms with Gasteiger partial charge < -0.3 is 5.32 Å². The van der Waals surface area contributed by atoms with E-state index >= 15 is 0 Å². The summed E-state index contributed by atoms with van der Waals surface area (Å²) >= 11 is 12.8. The van der Waals surface area contributed by atoms with Gasteiger partial charge in [-0.1, -0.05) is 23.2 Å². The summed E-state index contributed by atoms with van der Waals surface area (Å²) in [4.78, 5) is 8.49. The predicted molar refractivity (Wildman–Crippen MR) is 111 cm³/mol. The molecule has 148 valence electrons. The summed E-state index contributed by atoms with van der Waals surface area (Å²) < 4.78 is 16.5. The fourth-order valence-electron chi connectivity index (χ4n) is 3.00. The Labute approximate surface area is 176 Å². The van der Waals surface area contributed by atoms with Crippen molar-refractivity contribution in [2.24, 2.45) is 7.05 Å². The van der Waals surface area contributed by atoms with E-state index < -0.39 is 0 Å². The fraction of sp³-hybridized carbons (Fsp3) is 0.158. The molecule has 0 amide bonds. The van der Waals surface area contributed by atoms with Crippen molar-refractivity contribution < 1.29 is 4.39 Å². The monoisotopic (exact) mass is 431 g/mol. The van der Waals surface area contributed by atoms with Crippen molar-refractivity contribution >= 4 is 34.8 Å². The van der Waals surface area contributed by atoms with E-state index in [2.05, 4.69) is 25.5 Å². The largest absolute Gasteiger partial charge is 0.322 e. The van der Waals surface area contributed by atoms with Gasteiger partial charge in [0.15, 0.2) is 11.6 Å². The number of nitrogens with one attached hydrogen (secondary N) is 1. The Balaban J connectivity index is 1.68. The molecule has 0 spiro atoms. The number of hydrogen-bond donors (Lipinski definition) is 1.